The maximum Gasteiger partial charge on any atom is 0.161 e. The van der Waals surface area contributed by atoms with E-state index in [1.54, 1.807) is 7.11 Å². The van der Waals surface area contributed by atoms with Gasteiger partial charge in [0.15, 0.2) is 17.3 Å². The monoisotopic (exact) mass is 449 g/mol. The summed E-state index contributed by atoms with van der Waals surface area (Å²) in [6.45, 7) is 5.29. The Hall–Kier alpha value is -2.59. The van der Waals surface area contributed by atoms with Crippen molar-refractivity contribution in [3.05, 3.63) is 65.2 Å². The van der Waals surface area contributed by atoms with Gasteiger partial charge in [0, 0.05) is 31.6 Å². The minimum Gasteiger partial charge on any atom is -0.493 e. The van der Waals surface area contributed by atoms with Gasteiger partial charge in [-0.2, -0.15) is 0 Å². The molecule has 3 rings (SSSR count). The lowest BCUT2D eigenvalue weighted by Gasteiger charge is -2.28. The third-order valence-electron chi connectivity index (χ3n) is 6.19. The molecule has 0 saturated carbocycles. The number of unbranched alkanes of at least 4 members (excludes halogenated alkanes) is 6. The zero-order valence-electron chi connectivity index (χ0n) is 20.4. The molecule has 1 aliphatic heterocycles. The van der Waals surface area contributed by atoms with Crippen molar-refractivity contribution in [3.8, 4) is 11.5 Å². The highest BCUT2D eigenvalue weighted by Crippen LogP contribution is 2.30. The minimum atomic E-state index is 0.234. The summed E-state index contributed by atoms with van der Waals surface area (Å²) in [5.41, 5.74) is 3.10. The van der Waals surface area contributed by atoms with Gasteiger partial charge in [-0.3, -0.25) is 9.69 Å². The predicted octanol–water partition coefficient (Wildman–Crippen LogP) is 6.68. The summed E-state index contributed by atoms with van der Waals surface area (Å²) >= 11 is 0. The summed E-state index contributed by atoms with van der Waals surface area (Å²) in [7, 11) is 1.67. The van der Waals surface area contributed by atoms with Crippen LogP contribution in [0, 0.1) is 0 Å². The molecule has 0 bridgehead atoms. The molecule has 0 unspecified atom stereocenters. The van der Waals surface area contributed by atoms with Gasteiger partial charge in [-0.25, -0.2) is 0 Å². The lowest BCUT2D eigenvalue weighted by molar-refractivity contribution is -0.117. The molecule has 0 aliphatic carbocycles. The Balaban J connectivity index is 1.54. The smallest absolute Gasteiger partial charge is 0.161 e. The van der Waals surface area contributed by atoms with Crippen LogP contribution >= 0.6 is 0 Å². The first-order valence-corrected chi connectivity index (χ1v) is 12.5. The van der Waals surface area contributed by atoms with Crippen LogP contribution in [0.2, 0.25) is 0 Å². The van der Waals surface area contributed by atoms with Crippen LogP contribution in [0.4, 0.5) is 0 Å². The molecule has 2 aromatic rings. The fourth-order valence-electron chi connectivity index (χ4n) is 4.27. The van der Waals surface area contributed by atoms with Gasteiger partial charge >= 0.3 is 0 Å². The van der Waals surface area contributed by atoms with E-state index in [-0.39, 0.29) is 5.78 Å². The highest BCUT2D eigenvalue weighted by Gasteiger charge is 2.21. The number of hydrogen-bond acceptors (Lipinski definition) is 4. The van der Waals surface area contributed by atoms with E-state index in [0.29, 0.717) is 19.6 Å². The SMILES string of the molecule is CCCCCCCCCOc1ccc(/C=C2\CN(Cc3ccccc3)CCC2=O)cc1OC. The number of carbonyl (C=O) groups excluding carboxylic acids is 1. The van der Waals surface area contributed by atoms with Gasteiger partial charge in [0.2, 0.25) is 0 Å². The van der Waals surface area contributed by atoms with Gasteiger partial charge in [0.05, 0.1) is 13.7 Å². The Morgan fingerprint density at radius 3 is 2.45 bits per heavy atom. The largest absolute Gasteiger partial charge is 0.493 e. The second-order valence-corrected chi connectivity index (χ2v) is 8.92. The summed E-state index contributed by atoms with van der Waals surface area (Å²) in [4.78, 5) is 14.9. The molecule has 1 heterocycles. The molecule has 1 fully saturated rings. The maximum absolute atomic E-state index is 12.6. The molecule has 2 aromatic carbocycles. The van der Waals surface area contributed by atoms with Crippen LogP contribution in [0.5, 0.6) is 11.5 Å². The van der Waals surface area contributed by atoms with Gasteiger partial charge in [-0.05, 0) is 35.8 Å². The minimum absolute atomic E-state index is 0.234. The molecule has 178 valence electrons. The average Bonchev–Trinajstić information content (AvgIpc) is 2.84. The predicted molar refractivity (Wildman–Crippen MR) is 136 cm³/mol. The topological polar surface area (TPSA) is 38.8 Å². The van der Waals surface area contributed by atoms with Crippen molar-refractivity contribution in [1.29, 1.82) is 0 Å². The van der Waals surface area contributed by atoms with Gasteiger partial charge in [-0.15, -0.1) is 0 Å². The van der Waals surface area contributed by atoms with Crippen LogP contribution in [-0.2, 0) is 11.3 Å². The number of rotatable bonds is 13. The van der Waals surface area contributed by atoms with Crippen LogP contribution in [0.1, 0.15) is 69.4 Å². The number of ether oxygens (including phenoxy) is 2. The maximum atomic E-state index is 12.6. The van der Waals surface area contributed by atoms with Gasteiger partial charge in [0.25, 0.3) is 0 Å². The quantitative estimate of drug-likeness (QED) is 0.252. The molecule has 1 aliphatic rings. The molecule has 0 aromatic heterocycles. The molecule has 0 spiro atoms. The van der Waals surface area contributed by atoms with Crippen LogP contribution in [0.25, 0.3) is 6.08 Å². The fourth-order valence-corrected chi connectivity index (χ4v) is 4.27. The van der Waals surface area contributed by atoms with Gasteiger partial charge in [-0.1, -0.05) is 81.8 Å². The molecule has 0 atom stereocenters. The van der Waals surface area contributed by atoms with Crippen LogP contribution in [-0.4, -0.2) is 37.5 Å². The van der Waals surface area contributed by atoms with Crippen molar-refractivity contribution in [3.63, 3.8) is 0 Å². The third-order valence-corrected chi connectivity index (χ3v) is 6.19. The van der Waals surface area contributed by atoms with E-state index in [4.69, 9.17) is 9.47 Å². The summed E-state index contributed by atoms with van der Waals surface area (Å²) in [5, 5.41) is 0. The van der Waals surface area contributed by atoms with Gasteiger partial charge in [0.1, 0.15) is 0 Å². The molecule has 1 saturated heterocycles. The summed E-state index contributed by atoms with van der Waals surface area (Å²) in [6, 6.07) is 16.4. The Bertz CT molecular complexity index is 891. The zero-order valence-corrected chi connectivity index (χ0v) is 20.4. The molecule has 4 heteroatoms. The standard InChI is InChI=1S/C29H39NO3/c1-3-4-5-6-7-8-12-19-33-28-16-15-25(21-29(28)32-2)20-26-23-30(18-17-27(26)31)22-24-13-10-9-11-14-24/h9-11,13-16,20-21H,3-8,12,17-19,22-23H2,1-2H3/b26-20+. The lowest BCUT2D eigenvalue weighted by Crippen LogP contribution is -2.35. The highest BCUT2D eigenvalue weighted by atomic mass is 16.5. The second-order valence-electron chi connectivity index (χ2n) is 8.92. The Morgan fingerprint density at radius 2 is 1.70 bits per heavy atom. The Morgan fingerprint density at radius 1 is 0.939 bits per heavy atom. The first-order chi connectivity index (χ1) is 16.2. The number of Topliss-reactive ketones (excluding diaryl/α,β-unsaturated/α-hetero) is 1. The molecule has 0 radical (unpaired) electrons. The van der Waals surface area contributed by atoms with E-state index in [1.807, 2.05) is 30.3 Å². The number of likely N-dealkylation sites (tertiary alicyclic amines) is 1. The van der Waals surface area contributed by atoms with Crippen molar-refractivity contribution in [1.82, 2.24) is 4.90 Å². The summed E-state index contributed by atoms with van der Waals surface area (Å²) < 4.78 is 11.6. The van der Waals surface area contributed by atoms with E-state index < -0.39 is 0 Å². The average molecular weight is 450 g/mol. The molecule has 0 amide bonds. The molecular weight excluding hydrogens is 410 g/mol. The number of hydrogen-bond donors (Lipinski definition) is 0. The fraction of sp³-hybridized carbons (Fsp3) is 0.483. The van der Waals surface area contributed by atoms with Crippen LogP contribution < -0.4 is 9.47 Å². The van der Waals surface area contributed by atoms with Crippen molar-refractivity contribution in [2.75, 3.05) is 26.8 Å². The van der Waals surface area contributed by atoms with Gasteiger partial charge < -0.3 is 9.47 Å². The lowest BCUT2D eigenvalue weighted by atomic mass is 9.99. The Kier molecular flexibility index (Phi) is 10.5. The highest BCUT2D eigenvalue weighted by molar-refractivity contribution is 6.00. The summed E-state index contributed by atoms with van der Waals surface area (Å²) in [6.07, 6.45) is 11.4. The number of nitrogens with zero attached hydrogens (tertiary/aromatic N) is 1. The van der Waals surface area contributed by atoms with Crippen molar-refractivity contribution in [2.45, 2.75) is 64.8 Å². The molecule has 4 nitrogen and oxygen atoms in total. The van der Waals surface area contributed by atoms with E-state index in [0.717, 1.165) is 42.1 Å². The number of carbonyl (C=O) groups is 1. The van der Waals surface area contributed by atoms with Crippen molar-refractivity contribution < 1.29 is 14.3 Å². The zero-order chi connectivity index (χ0) is 23.3. The number of methoxy groups -OCH3 is 1. The van der Waals surface area contributed by atoms with E-state index >= 15 is 0 Å². The molecule has 33 heavy (non-hydrogen) atoms. The van der Waals surface area contributed by atoms with Crippen LogP contribution in [0.3, 0.4) is 0 Å². The first-order valence-electron chi connectivity index (χ1n) is 12.5. The van der Waals surface area contributed by atoms with E-state index in [2.05, 4.69) is 36.1 Å². The Labute approximate surface area is 199 Å². The second kappa shape index (κ2) is 13.8. The summed E-state index contributed by atoms with van der Waals surface area (Å²) in [5.74, 6) is 1.72. The number of piperidine rings is 1. The third kappa shape index (κ3) is 8.36. The first kappa shape index (κ1) is 25.0. The van der Waals surface area contributed by atoms with E-state index in [1.165, 1.54) is 44.1 Å². The van der Waals surface area contributed by atoms with Crippen LogP contribution in [0.15, 0.2) is 54.1 Å². The van der Waals surface area contributed by atoms with Crippen molar-refractivity contribution in [2.24, 2.45) is 0 Å². The molecule has 0 N–H and O–H groups in total. The number of ketones is 1. The number of benzene rings is 2. The van der Waals surface area contributed by atoms with E-state index in [9.17, 15) is 4.79 Å². The molecular formula is C29H39NO3. The normalized spacial score (nSPS) is 15.7. The van der Waals surface area contributed by atoms with Crippen molar-refractivity contribution >= 4 is 11.9 Å².